The maximum absolute atomic E-state index is 11.5. The standard InChI is InChI=1S/C11H21NO3/c1-11(2,3)15-10(13)12(4)7-5-6-9-8-14-9/h9H,5-8H2,1-4H3. The highest BCUT2D eigenvalue weighted by molar-refractivity contribution is 5.67. The third-order valence-electron chi connectivity index (χ3n) is 2.13. The van der Waals surface area contributed by atoms with Crippen molar-refractivity contribution in [2.24, 2.45) is 0 Å². The topological polar surface area (TPSA) is 42.1 Å². The van der Waals surface area contributed by atoms with Gasteiger partial charge in [0, 0.05) is 13.6 Å². The normalized spacial score (nSPS) is 19.9. The Hall–Kier alpha value is -0.770. The number of ether oxygens (including phenoxy) is 2. The lowest BCUT2D eigenvalue weighted by atomic mass is 10.2. The van der Waals surface area contributed by atoms with Crippen molar-refractivity contribution in [2.75, 3.05) is 20.2 Å². The number of epoxide rings is 1. The summed E-state index contributed by atoms with van der Waals surface area (Å²) in [5.74, 6) is 0. The van der Waals surface area contributed by atoms with Crippen LogP contribution >= 0.6 is 0 Å². The number of amides is 1. The van der Waals surface area contributed by atoms with Gasteiger partial charge in [-0.25, -0.2) is 4.79 Å². The predicted molar refractivity (Wildman–Crippen MR) is 57.8 cm³/mol. The number of nitrogens with zero attached hydrogens (tertiary/aromatic N) is 1. The molecule has 0 aliphatic carbocycles. The molecule has 1 heterocycles. The molecule has 1 amide bonds. The zero-order valence-electron chi connectivity index (χ0n) is 10.1. The molecule has 0 bridgehead atoms. The number of hydrogen-bond donors (Lipinski definition) is 0. The predicted octanol–water partition coefficient (Wildman–Crippen LogP) is 2.03. The number of carbonyl (C=O) groups is 1. The van der Waals surface area contributed by atoms with Gasteiger partial charge in [-0.2, -0.15) is 0 Å². The molecule has 4 heteroatoms. The first kappa shape index (κ1) is 12.3. The molecule has 1 aliphatic rings. The largest absolute Gasteiger partial charge is 0.444 e. The Labute approximate surface area is 91.5 Å². The van der Waals surface area contributed by atoms with E-state index in [1.165, 1.54) is 0 Å². The summed E-state index contributed by atoms with van der Waals surface area (Å²) < 4.78 is 10.3. The molecule has 88 valence electrons. The van der Waals surface area contributed by atoms with Crippen molar-refractivity contribution in [1.29, 1.82) is 0 Å². The second-order valence-electron chi connectivity index (χ2n) is 5.00. The van der Waals surface area contributed by atoms with Crippen LogP contribution in [0, 0.1) is 0 Å². The molecule has 0 N–H and O–H groups in total. The van der Waals surface area contributed by atoms with E-state index in [1.807, 2.05) is 20.8 Å². The minimum absolute atomic E-state index is 0.251. The van der Waals surface area contributed by atoms with Crippen LogP contribution in [0.4, 0.5) is 4.79 Å². The van der Waals surface area contributed by atoms with Crippen LogP contribution in [0.15, 0.2) is 0 Å². The van der Waals surface area contributed by atoms with Gasteiger partial charge in [0.2, 0.25) is 0 Å². The van der Waals surface area contributed by atoms with Gasteiger partial charge in [-0.1, -0.05) is 0 Å². The molecule has 0 radical (unpaired) electrons. The Balaban J connectivity index is 2.13. The highest BCUT2D eigenvalue weighted by atomic mass is 16.6. The molecule has 0 saturated carbocycles. The summed E-state index contributed by atoms with van der Waals surface area (Å²) in [6.45, 7) is 7.23. The van der Waals surface area contributed by atoms with Gasteiger partial charge in [0.1, 0.15) is 5.60 Å². The van der Waals surface area contributed by atoms with Gasteiger partial charge in [0.25, 0.3) is 0 Å². The third-order valence-corrected chi connectivity index (χ3v) is 2.13. The fraction of sp³-hybridized carbons (Fsp3) is 0.909. The lowest BCUT2D eigenvalue weighted by molar-refractivity contribution is 0.0295. The van der Waals surface area contributed by atoms with Crippen molar-refractivity contribution in [2.45, 2.75) is 45.3 Å². The molecule has 1 atom stereocenters. The smallest absolute Gasteiger partial charge is 0.410 e. The third kappa shape index (κ3) is 5.62. The maximum Gasteiger partial charge on any atom is 0.410 e. The van der Waals surface area contributed by atoms with Gasteiger partial charge in [0.05, 0.1) is 12.7 Å². The second-order valence-corrected chi connectivity index (χ2v) is 5.00. The molecular formula is C11H21NO3. The fourth-order valence-corrected chi connectivity index (χ4v) is 1.22. The van der Waals surface area contributed by atoms with Gasteiger partial charge < -0.3 is 14.4 Å². The van der Waals surface area contributed by atoms with E-state index in [0.717, 1.165) is 26.0 Å². The molecule has 1 fully saturated rings. The summed E-state index contributed by atoms with van der Waals surface area (Å²) in [6, 6.07) is 0. The van der Waals surface area contributed by atoms with Gasteiger partial charge in [-0.15, -0.1) is 0 Å². The zero-order valence-corrected chi connectivity index (χ0v) is 10.1. The highest BCUT2D eigenvalue weighted by Gasteiger charge is 2.23. The maximum atomic E-state index is 11.5. The highest BCUT2D eigenvalue weighted by Crippen LogP contribution is 2.16. The number of carbonyl (C=O) groups excluding carboxylic acids is 1. The Kier molecular flexibility index (Phi) is 3.97. The Morgan fingerprint density at radius 3 is 2.60 bits per heavy atom. The molecule has 1 aliphatic heterocycles. The molecule has 0 aromatic rings. The minimum Gasteiger partial charge on any atom is -0.444 e. The molecule has 1 rings (SSSR count). The molecule has 15 heavy (non-hydrogen) atoms. The van der Waals surface area contributed by atoms with E-state index in [-0.39, 0.29) is 6.09 Å². The number of hydrogen-bond acceptors (Lipinski definition) is 3. The van der Waals surface area contributed by atoms with E-state index in [1.54, 1.807) is 11.9 Å². The van der Waals surface area contributed by atoms with E-state index >= 15 is 0 Å². The van der Waals surface area contributed by atoms with Crippen LogP contribution in [-0.4, -0.2) is 42.9 Å². The Bertz CT molecular complexity index is 218. The van der Waals surface area contributed by atoms with Gasteiger partial charge >= 0.3 is 6.09 Å². The van der Waals surface area contributed by atoms with Gasteiger partial charge in [-0.05, 0) is 33.6 Å². The fourth-order valence-electron chi connectivity index (χ4n) is 1.22. The van der Waals surface area contributed by atoms with E-state index in [0.29, 0.717) is 6.10 Å². The van der Waals surface area contributed by atoms with Crippen molar-refractivity contribution < 1.29 is 14.3 Å². The van der Waals surface area contributed by atoms with E-state index in [4.69, 9.17) is 9.47 Å². The molecular weight excluding hydrogens is 194 g/mol. The first-order chi connectivity index (χ1) is 6.88. The van der Waals surface area contributed by atoms with E-state index < -0.39 is 5.60 Å². The van der Waals surface area contributed by atoms with E-state index in [9.17, 15) is 4.79 Å². The van der Waals surface area contributed by atoms with Crippen molar-refractivity contribution >= 4 is 6.09 Å². The van der Waals surface area contributed by atoms with Crippen molar-refractivity contribution in [1.82, 2.24) is 4.90 Å². The summed E-state index contributed by atoms with van der Waals surface area (Å²) in [6.07, 6.45) is 2.20. The summed E-state index contributed by atoms with van der Waals surface area (Å²) in [5, 5.41) is 0. The second kappa shape index (κ2) is 4.84. The van der Waals surface area contributed by atoms with Crippen LogP contribution in [-0.2, 0) is 9.47 Å². The first-order valence-corrected chi connectivity index (χ1v) is 5.44. The summed E-state index contributed by atoms with van der Waals surface area (Å²) in [4.78, 5) is 13.1. The lowest BCUT2D eigenvalue weighted by Crippen LogP contribution is -2.34. The molecule has 1 unspecified atom stereocenters. The SMILES string of the molecule is CN(CCCC1CO1)C(=O)OC(C)(C)C. The average molecular weight is 215 g/mol. The zero-order chi connectivity index (χ0) is 11.5. The summed E-state index contributed by atoms with van der Waals surface area (Å²) >= 11 is 0. The monoisotopic (exact) mass is 215 g/mol. The minimum atomic E-state index is -0.412. The first-order valence-electron chi connectivity index (χ1n) is 5.44. The van der Waals surface area contributed by atoms with Crippen molar-refractivity contribution in [3.05, 3.63) is 0 Å². The van der Waals surface area contributed by atoms with Crippen LogP contribution in [0.2, 0.25) is 0 Å². The molecule has 1 saturated heterocycles. The number of rotatable bonds is 4. The lowest BCUT2D eigenvalue weighted by Gasteiger charge is -2.24. The van der Waals surface area contributed by atoms with Gasteiger partial charge in [-0.3, -0.25) is 0 Å². The van der Waals surface area contributed by atoms with Crippen LogP contribution in [0.25, 0.3) is 0 Å². The molecule has 0 spiro atoms. The van der Waals surface area contributed by atoms with Crippen LogP contribution in [0.3, 0.4) is 0 Å². The van der Waals surface area contributed by atoms with Crippen LogP contribution in [0.5, 0.6) is 0 Å². The quantitative estimate of drug-likeness (QED) is 0.674. The van der Waals surface area contributed by atoms with Crippen LogP contribution < -0.4 is 0 Å². The Morgan fingerprint density at radius 1 is 1.53 bits per heavy atom. The summed E-state index contributed by atoms with van der Waals surface area (Å²) in [7, 11) is 1.77. The van der Waals surface area contributed by atoms with E-state index in [2.05, 4.69) is 0 Å². The van der Waals surface area contributed by atoms with Gasteiger partial charge in [0.15, 0.2) is 0 Å². The van der Waals surface area contributed by atoms with Crippen molar-refractivity contribution in [3.8, 4) is 0 Å². The Morgan fingerprint density at radius 2 is 2.13 bits per heavy atom. The van der Waals surface area contributed by atoms with Crippen LogP contribution in [0.1, 0.15) is 33.6 Å². The van der Waals surface area contributed by atoms with Crippen molar-refractivity contribution in [3.63, 3.8) is 0 Å². The molecule has 0 aromatic carbocycles. The molecule has 0 aromatic heterocycles. The molecule has 4 nitrogen and oxygen atoms in total. The summed E-state index contributed by atoms with van der Waals surface area (Å²) in [5.41, 5.74) is -0.412. The average Bonchev–Trinajstić information content (AvgIpc) is 2.84.